The third-order valence-corrected chi connectivity index (χ3v) is 8.46. The number of piperidine rings is 1. The van der Waals surface area contributed by atoms with Crippen molar-refractivity contribution in [1.29, 1.82) is 0 Å². The molecule has 0 radical (unpaired) electrons. The Labute approximate surface area is 185 Å². The Hall–Kier alpha value is -2.44. The van der Waals surface area contributed by atoms with Crippen LogP contribution in [0.1, 0.15) is 12.8 Å². The molecule has 1 aromatic heterocycles. The molecule has 3 fully saturated rings. The number of rotatable bonds is 5. The second kappa shape index (κ2) is 8.16. The topological polar surface area (TPSA) is 104 Å². The molecule has 1 unspecified atom stereocenters. The molecule has 4 heterocycles. The third kappa shape index (κ3) is 4.14. The lowest BCUT2D eigenvalue weighted by Gasteiger charge is -2.51. The van der Waals surface area contributed by atoms with Crippen LogP contribution < -0.4 is 9.80 Å². The van der Waals surface area contributed by atoms with Gasteiger partial charge in [0, 0.05) is 42.9 Å². The first-order valence-corrected chi connectivity index (χ1v) is 12.5. The molecule has 0 aliphatic carbocycles. The van der Waals surface area contributed by atoms with Gasteiger partial charge in [0.15, 0.2) is 11.6 Å². The van der Waals surface area contributed by atoms with E-state index in [2.05, 4.69) is 10.3 Å². The van der Waals surface area contributed by atoms with Crippen molar-refractivity contribution >= 4 is 28.1 Å². The van der Waals surface area contributed by atoms with Gasteiger partial charge < -0.3 is 9.64 Å². The summed E-state index contributed by atoms with van der Waals surface area (Å²) >= 11 is 0. The van der Waals surface area contributed by atoms with Crippen LogP contribution in [0.5, 0.6) is 0 Å². The molecule has 2 aromatic rings. The molecule has 3 saturated heterocycles. The molecule has 1 atom stereocenters. The van der Waals surface area contributed by atoms with E-state index in [1.165, 1.54) is 27.9 Å². The predicted molar refractivity (Wildman–Crippen MR) is 115 cm³/mol. The summed E-state index contributed by atoms with van der Waals surface area (Å²) in [5.41, 5.74) is 0.0289. The fourth-order valence-electron chi connectivity index (χ4n) is 4.88. The van der Waals surface area contributed by atoms with Crippen LogP contribution in [0.25, 0.3) is 0 Å². The third-order valence-electron chi connectivity index (χ3n) is 6.53. The van der Waals surface area contributed by atoms with Gasteiger partial charge in [0.1, 0.15) is 11.8 Å². The highest BCUT2D eigenvalue weighted by atomic mass is 32.3. The van der Waals surface area contributed by atoms with E-state index >= 15 is 0 Å². The SMILES string of the molecule is O=C1OC(Cn2ccnn2)CN1c1cc(F)c(N2CCC(C3CS(O)(O)C3)CC2)c(F)c1. The van der Waals surface area contributed by atoms with Gasteiger partial charge in [-0.25, -0.2) is 18.3 Å². The van der Waals surface area contributed by atoms with Gasteiger partial charge in [-0.15, -0.1) is 5.10 Å². The number of anilines is 2. The van der Waals surface area contributed by atoms with Crippen molar-refractivity contribution in [2.45, 2.75) is 25.5 Å². The fourth-order valence-corrected chi connectivity index (χ4v) is 6.70. The van der Waals surface area contributed by atoms with Crippen LogP contribution in [-0.2, 0) is 11.3 Å². The molecule has 1 aromatic carbocycles. The number of cyclic esters (lactones) is 1. The minimum Gasteiger partial charge on any atom is -0.442 e. The summed E-state index contributed by atoms with van der Waals surface area (Å²) in [5, 5.41) is 7.53. The summed E-state index contributed by atoms with van der Waals surface area (Å²) in [7, 11) is -2.38. The summed E-state index contributed by atoms with van der Waals surface area (Å²) in [5.74, 6) is 0.0778. The Bertz CT molecular complexity index is 969. The first-order valence-electron chi connectivity index (χ1n) is 10.6. The molecular formula is C20H25F2N5O4S. The van der Waals surface area contributed by atoms with E-state index in [0.29, 0.717) is 37.1 Å². The van der Waals surface area contributed by atoms with Crippen molar-refractivity contribution in [2.24, 2.45) is 11.8 Å². The van der Waals surface area contributed by atoms with E-state index in [4.69, 9.17) is 4.74 Å². The molecule has 3 aliphatic rings. The highest BCUT2D eigenvalue weighted by Gasteiger charge is 2.40. The molecule has 3 aliphatic heterocycles. The van der Waals surface area contributed by atoms with Gasteiger partial charge >= 0.3 is 6.09 Å². The molecular weight excluding hydrogens is 444 g/mol. The molecule has 1 amide bonds. The van der Waals surface area contributed by atoms with E-state index in [1.54, 1.807) is 11.1 Å². The van der Waals surface area contributed by atoms with Crippen LogP contribution in [0.3, 0.4) is 0 Å². The Morgan fingerprint density at radius 1 is 1.12 bits per heavy atom. The van der Waals surface area contributed by atoms with Crippen molar-refractivity contribution in [2.75, 3.05) is 40.9 Å². The molecule has 0 bridgehead atoms. The zero-order valence-electron chi connectivity index (χ0n) is 17.3. The van der Waals surface area contributed by atoms with E-state index in [-0.39, 0.29) is 23.8 Å². The zero-order chi connectivity index (χ0) is 22.5. The highest BCUT2D eigenvalue weighted by molar-refractivity contribution is 8.25. The van der Waals surface area contributed by atoms with E-state index in [1.807, 2.05) is 0 Å². The van der Waals surface area contributed by atoms with Crippen LogP contribution in [0.4, 0.5) is 25.0 Å². The number of hydrogen-bond acceptors (Lipinski definition) is 7. The van der Waals surface area contributed by atoms with Crippen molar-refractivity contribution in [3.8, 4) is 0 Å². The molecule has 32 heavy (non-hydrogen) atoms. The van der Waals surface area contributed by atoms with Crippen molar-refractivity contribution in [3.63, 3.8) is 0 Å². The molecule has 2 N–H and O–H groups in total. The van der Waals surface area contributed by atoms with Gasteiger partial charge in [0.25, 0.3) is 0 Å². The molecule has 0 saturated carbocycles. The van der Waals surface area contributed by atoms with Gasteiger partial charge in [0.05, 0.1) is 25.0 Å². The second-order valence-electron chi connectivity index (χ2n) is 8.72. The summed E-state index contributed by atoms with van der Waals surface area (Å²) in [4.78, 5) is 15.2. The highest BCUT2D eigenvalue weighted by Crippen LogP contribution is 2.55. The van der Waals surface area contributed by atoms with Crippen LogP contribution in [-0.4, -0.2) is 67.4 Å². The number of carbonyl (C=O) groups is 1. The van der Waals surface area contributed by atoms with Crippen molar-refractivity contribution < 1.29 is 27.4 Å². The Balaban J connectivity index is 1.24. The van der Waals surface area contributed by atoms with Crippen LogP contribution >= 0.6 is 10.6 Å². The first-order chi connectivity index (χ1) is 15.3. The van der Waals surface area contributed by atoms with Gasteiger partial charge in [-0.1, -0.05) is 5.21 Å². The maximum Gasteiger partial charge on any atom is 0.414 e. The number of hydrogen-bond donors (Lipinski definition) is 2. The number of halogens is 2. The number of benzene rings is 1. The normalized spacial score (nSPS) is 25.0. The van der Waals surface area contributed by atoms with Crippen LogP contribution in [0.15, 0.2) is 24.5 Å². The number of amides is 1. The quantitative estimate of drug-likeness (QED) is 0.693. The first kappa shape index (κ1) is 21.4. The fraction of sp³-hybridized carbons (Fsp3) is 0.550. The molecule has 5 rings (SSSR count). The largest absolute Gasteiger partial charge is 0.442 e. The van der Waals surface area contributed by atoms with Gasteiger partial charge in [-0.05, 0) is 24.7 Å². The van der Waals surface area contributed by atoms with Gasteiger partial charge in [0.2, 0.25) is 0 Å². The van der Waals surface area contributed by atoms with Crippen molar-refractivity contribution in [3.05, 3.63) is 36.2 Å². The summed E-state index contributed by atoms with van der Waals surface area (Å²) < 4.78 is 56.0. The van der Waals surface area contributed by atoms with Gasteiger partial charge in [-0.3, -0.25) is 14.0 Å². The molecule has 0 spiro atoms. The van der Waals surface area contributed by atoms with E-state index < -0.39 is 34.4 Å². The Morgan fingerprint density at radius 3 is 2.41 bits per heavy atom. The maximum absolute atomic E-state index is 15.0. The molecule has 12 heteroatoms. The summed E-state index contributed by atoms with van der Waals surface area (Å²) in [6, 6.07) is 2.34. The minimum absolute atomic E-state index is 0.0863. The molecule has 9 nitrogen and oxygen atoms in total. The number of carbonyl (C=O) groups excluding carboxylic acids is 1. The Morgan fingerprint density at radius 2 is 1.81 bits per heavy atom. The average Bonchev–Trinajstić information content (AvgIpc) is 3.36. The second-order valence-corrected chi connectivity index (χ2v) is 11.0. The van der Waals surface area contributed by atoms with Crippen LogP contribution in [0.2, 0.25) is 0 Å². The Kier molecular flexibility index (Phi) is 5.46. The lowest BCUT2D eigenvalue weighted by Crippen LogP contribution is -2.44. The molecule has 174 valence electrons. The summed E-state index contributed by atoms with van der Waals surface area (Å²) in [6.45, 7) is 1.46. The van der Waals surface area contributed by atoms with Crippen molar-refractivity contribution in [1.82, 2.24) is 15.0 Å². The number of ether oxygens (including phenoxy) is 1. The number of nitrogens with zero attached hydrogens (tertiary/aromatic N) is 5. The van der Waals surface area contributed by atoms with E-state index in [9.17, 15) is 22.7 Å². The lowest BCUT2D eigenvalue weighted by atomic mass is 9.85. The smallest absolute Gasteiger partial charge is 0.414 e. The maximum atomic E-state index is 15.0. The van der Waals surface area contributed by atoms with Crippen LogP contribution in [0, 0.1) is 23.5 Å². The standard InChI is InChI=1S/C20H25F2N5O4S/c21-17-7-15(27-10-16(31-20(27)28)9-26-6-3-23-24-26)8-18(22)19(17)25-4-1-13(2-5-25)14-11-32(29,30)12-14/h3,6-8,13-14,16,29-30H,1-2,4-5,9-12H2. The zero-order valence-corrected chi connectivity index (χ0v) is 18.1. The average molecular weight is 470 g/mol. The predicted octanol–water partition coefficient (Wildman–Crippen LogP) is 3.18. The summed E-state index contributed by atoms with van der Waals surface area (Å²) in [6.07, 6.45) is 3.50. The minimum atomic E-state index is -2.38. The lowest BCUT2D eigenvalue weighted by molar-refractivity contribution is 0.129. The van der Waals surface area contributed by atoms with E-state index in [0.717, 1.165) is 12.8 Å². The number of aromatic nitrogens is 3. The monoisotopic (exact) mass is 469 g/mol. The van der Waals surface area contributed by atoms with Gasteiger partial charge in [-0.2, -0.15) is 10.6 Å².